The Bertz CT molecular complexity index is 326. The highest BCUT2D eigenvalue weighted by Gasteiger charge is 2.04. The lowest BCUT2D eigenvalue weighted by atomic mass is 10.3. The van der Waals surface area contributed by atoms with Crippen LogP contribution >= 0.6 is 0 Å². The Balaban J connectivity index is 2.69. The fourth-order valence-electron chi connectivity index (χ4n) is 0.923. The number of carboxylic acid groups (broad SMARTS) is 1. The van der Waals surface area contributed by atoms with Crippen molar-refractivity contribution in [2.24, 2.45) is 0 Å². The van der Waals surface area contributed by atoms with E-state index in [-0.39, 0.29) is 5.69 Å². The predicted molar refractivity (Wildman–Crippen MR) is 51.4 cm³/mol. The Morgan fingerprint density at radius 1 is 1.71 bits per heavy atom. The van der Waals surface area contributed by atoms with Crippen molar-refractivity contribution >= 4 is 11.7 Å². The lowest BCUT2D eigenvalue weighted by Crippen LogP contribution is -2.15. The number of nitrogens with zero attached hydrogens (tertiary/aromatic N) is 1. The van der Waals surface area contributed by atoms with Crippen LogP contribution in [0.2, 0.25) is 0 Å². The average Bonchev–Trinajstić information content (AvgIpc) is 2.15. The molecule has 14 heavy (non-hydrogen) atoms. The number of anilines is 1. The van der Waals surface area contributed by atoms with Crippen LogP contribution in [0.4, 0.5) is 5.69 Å². The third-order valence-corrected chi connectivity index (χ3v) is 1.58. The van der Waals surface area contributed by atoms with Gasteiger partial charge in [0.15, 0.2) is 0 Å². The monoisotopic (exact) mass is 196 g/mol. The van der Waals surface area contributed by atoms with Gasteiger partial charge in [-0.25, -0.2) is 9.78 Å². The molecule has 0 saturated heterocycles. The van der Waals surface area contributed by atoms with Crippen molar-refractivity contribution in [2.75, 3.05) is 11.9 Å². The number of nitrogens with one attached hydrogen (secondary N) is 1. The highest BCUT2D eigenvalue weighted by atomic mass is 16.4. The fourth-order valence-corrected chi connectivity index (χ4v) is 0.923. The van der Waals surface area contributed by atoms with Crippen LogP contribution in [0.25, 0.3) is 0 Å². The molecule has 1 heterocycles. The summed E-state index contributed by atoms with van der Waals surface area (Å²) in [5.74, 6) is -1.06. The van der Waals surface area contributed by atoms with Gasteiger partial charge in [-0.1, -0.05) is 0 Å². The number of rotatable bonds is 4. The Hall–Kier alpha value is -1.62. The second-order valence-electron chi connectivity index (χ2n) is 2.96. The van der Waals surface area contributed by atoms with Gasteiger partial charge in [0.2, 0.25) is 0 Å². The molecule has 0 spiro atoms. The molecule has 0 bridgehead atoms. The van der Waals surface area contributed by atoms with Gasteiger partial charge in [0.25, 0.3) is 0 Å². The second-order valence-corrected chi connectivity index (χ2v) is 2.96. The van der Waals surface area contributed by atoms with Crippen molar-refractivity contribution in [3.05, 3.63) is 24.0 Å². The number of pyridine rings is 1. The number of aliphatic hydroxyl groups is 1. The summed E-state index contributed by atoms with van der Waals surface area (Å²) in [5.41, 5.74) is 0.624. The largest absolute Gasteiger partial charge is 0.477 e. The van der Waals surface area contributed by atoms with E-state index < -0.39 is 12.1 Å². The van der Waals surface area contributed by atoms with Crippen molar-refractivity contribution in [1.29, 1.82) is 0 Å². The first-order valence-electron chi connectivity index (χ1n) is 4.21. The van der Waals surface area contributed by atoms with Crippen LogP contribution in [0.5, 0.6) is 0 Å². The number of aromatic nitrogens is 1. The van der Waals surface area contributed by atoms with Gasteiger partial charge in [0.1, 0.15) is 5.69 Å². The molecule has 3 N–H and O–H groups in total. The lowest BCUT2D eigenvalue weighted by molar-refractivity contribution is 0.0690. The highest BCUT2D eigenvalue weighted by molar-refractivity contribution is 5.86. The SMILES string of the molecule is CC(O)CNc1ccnc(C(=O)O)c1. The molecule has 0 fully saturated rings. The molecule has 5 heteroatoms. The molecular weight excluding hydrogens is 184 g/mol. The number of hydrogen-bond donors (Lipinski definition) is 3. The van der Waals surface area contributed by atoms with Gasteiger partial charge in [-0.3, -0.25) is 0 Å². The minimum absolute atomic E-state index is 0.0133. The summed E-state index contributed by atoms with van der Waals surface area (Å²) in [7, 11) is 0. The van der Waals surface area contributed by atoms with E-state index in [4.69, 9.17) is 10.2 Å². The minimum atomic E-state index is -1.06. The zero-order valence-electron chi connectivity index (χ0n) is 7.77. The summed E-state index contributed by atoms with van der Waals surface area (Å²) < 4.78 is 0. The molecule has 5 nitrogen and oxygen atoms in total. The molecular formula is C9H12N2O3. The molecule has 0 saturated carbocycles. The highest BCUT2D eigenvalue weighted by Crippen LogP contribution is 2.07. The topological polar surface area (TPSA) is 82.5 Å². The van der Waals surface area contributed by atoms with Crippen LogP contribution in [0.3, 0.4) is 0 Å². The van der Waals surface area contributed by atoms with Gasteiger partial charge >= 0.3 is 5.97 Å². The number of carbonyl (C=O) groups is 1. The van der Waals surface area contributed by atoms with Gasteiger partial charge in [-0.05, 0) is 19.1 Å². The van der Waals surface area contributed by atoms with E-state index in [0.717, 1.165) is 0 Å². The summed E-state index contributed by atoms with van der Waals surface area (Å²) in [5, 5.41) is 20.5. The molecule has 0 radical (unpaired) electrons. The molecule has 1 aromatic heterocycles. The summed E-state index contributed by atoms with van der Waals surface area (Å²) in [6, 6.07) is 3.07. The molecule has 0 amide bonds. The molecule has 0 aromatic carbocycles. The zero-order chi connectivity index (χ0) is 10.6. The van der Waals surface area contributed by atoms with E-state index >= 15 is 0 Å². The van der Waals surface area contributed by atoms with Crippen molar-refractivity contribution < 1.29 is 15.0 Å². The first-order chi connectivity index (χ1) is 6.59. The van der Waals surface area contributed by atoms with Gasteiger partial charge in [0, 0.05) is 18.4 Å². The van der Waals surface area contributed by atoms with E-state index in [1.165, 1.54) is 12.3 Å². The number of hydrogen-bond acceptors (Lipinski definition) is 4. The van der Waals surface area contributed by atoms with Crippen molar-refractivity contribution in [1.82, 2.24) is 4.98 Å². The zero-order valence-corrected chi connectivity index (χ0v) is 7.77. The summed E-state index contributed by atoms with van der Waals surface area (Å²) >= 11 is 0. The van der Waals surface area contributed by atoms with E-state index in [9.17, 15) is 4.79 Å². The van der Waals surface area contributed by atoms with Gasteiger partial charge < -0.3 is 15.5 Å². The molecule has 0 aliphatic heterocycles. The Morgan fingerprint density at radius 2 is 2.43 bits per heavy atom. The van der Waals surface area contributed by atoms with Crippen LogP contribution in [-0.4, -0.2) is 33.8 Å². The number of carboxylic acids is 1. The third-order valence-electron chi connectivity index (χ3n) is 1.58. The van der Waals surface area contributed by atoms with Crippen molar-refractivity contribution in [3.8, 4) is 0 Å². The maximum absolute atomic E-state index is 10.6. The van der Waals surface area contributed by atoms with E-state index in [1.54, 1.807) is 13.0 Å². The maximum Gasteiger partial charge on any atom is 0.354 e. The number of aliphatic hydroxyl groups excluding tert-OH is 1. The normalized spacial score (nSPS) is 12.1. The molecule has 1 atom stereocenters. The summed E-state index contributed by atoms with van der Waals surface area (Å²) in [6.07, 6.45) is 0.935. The van der Waals surface area contributed by atoms with E-state index in [1.807, 2.05) is 0 Å². The summed E-state index contributed by atoms with van der Waals surface area (Å²) in [6.45, 7) is 2.02. The molecule has 1 unspecified atom stereocenters. The smallest absolute Gasteiger partial charge is 0.354 e. The number of aromatic carboxylic acids is 1. The van der Waals surface area contributed by atoms with Crippen LogP contribution in [0.15, 0.2) is 18.3 Å². The van der Waals surface area contributed by atoms with Crippen LogP contribution < -0.4 is 5.32 Å². The molecule has 1 aromatic rings. The molecule has 76 valence electrons. The fraction of sp³-hybridized carbons (Fsp3) is 0.333. The Kier molecular flexibility index (Phi) is 3.41. The minimum Gasteiger partial charge on any atom is -0.477 e. The van der Waals surface area contributed by atoms with Crippen LogP contribution in [0.1, 0.15) is 17.4 Å². The van der Waals surface area contributed by atoms with Crippen molar-refractivity contribution in [3.63, 3.8) is 0 Å². The van der Waals surface area contributed by atoms with E-state index in [0.29, 0.717) is 12.2 Å². The predicted octanol–water partition coefficient (Wildman–Crippen LogP) is 0.573. The average molecular weight is 196 g/mol. The lowest BCUT2D eigenvalue weighted by Gasteiger charge is -2.08. The van der Waals surface area contributed by atoms with Gasteiger partial charge in [-0.2, -0.15) is 0 Å². The first kappa shape index (κ1) is 10.5. The Labute approximate surface area is 81.4 Å². The maximum atomic E-state index is 10.6. The molecule has 0 aliphatic rings. The Morgan fingerprint density at radius 3 is 3.00 bits per heavy atom. The van der Waals surface area contributed by atoms with E-state index in [2.05, 4.69) is 10.3 Å². The van der Waals surface area contributed by atoms with Crippen LogP contribution in [0, 0.1) is 0 Å². The van der Waals surface area contributed by atoms with Gasteiger partial charge in [0.05, 0.1) is 6.10 Å². The van der Waals surface area contributed by atoms with Crippen LogP contribution in [-0.2, 0) is 0 Å². The molecule has 1 rings (SSSR count). The third kappa shape index (κ3) is 3.02. The van der Waals surface area contributed by atoms with Gasteiger partial charge in [-0.15, -0.1) is 0 Å². The quantitative estimate of drug-likeness (QED) is 0.655. The van der Waals surface area contributed by atoms with Crippen molar-refractivity contribution in [2.45, 2.75) is 13.0 Å². The summed E-state index contributed by atoms with van der Waals surface area (Å²) in [4.78, 5) is 14.2. The molecule has 0 aliphatic carbocycles. The standard InChI is InChI=1S/C9H12N2O3/c1-6(12)5-11-7-2-3-10-8(4-7)9(13)14/h2-4,6,12H,5H2,1H3,(H,10,11)(H,13,14). The second kappa shape index (κ2) is 4.57. The first-order valence-corrected chi connectivity index (χ1v) is 4.21.